The van der Waals surface area contributed by atoms with E-state index in [0.29, 0.717) is 22.7 Å². The molecule has 0 saturated carbocycles. The van der Waals surface area contributed by atoms with Gasteiger partial charge >= 0.3 is 0 Å². The number of allylic oxidation sites excluding steroid dienone is 2. The number of amides is 1. The van der Waals surface area contributed by atoms with Crippen molar-refractivity contribution in [2.24, 2.45) is 5.92 Å². The molecule has 0 saturated heterocycles. The highest BCUT2D eigenvalue weighted by atomic mass is 32.1. The van der Waals surface area contributed by atoms with Crippen LogP contribution in [0.25, 0.3) is 0 Å². The molecule has 2 unspecified atom stereocenters. The number of nitrogens with zero attached hydrogens (tertiary/aromatic N) is 1. The third-order valence-corrected chi connectivity index (χ3v) is 6.28. The first-order chi connectivity index (χ1) is 16.8. The van der Waals surface area contributed by atoms with Gasteiger partial charge in [-0.05, 0) is 48.6 Å². The first-order valence-corrected chi connectivity index (χ1v) is 11.2. The minimum absolute atomic E-state index is 0.0583. The van der Waals surface area contributed by atoms with Gasteiger partial charge in [-0.2, -0.15) is 0 Å². The fourth-order valence-corrected chi connectivity index (χ4v) is 4.24. The summed E-state index contributed by atoms with van der Waals surface area (Å²) < 4.78 is 33.2. The molecule has 1 amide bonds. The second-order valence-electron chi connectivity index (χ2n) is 7.64. The van der Waals surface area contributed by atoms with E-state index in [1.807, 2.05) is 19.1 Å². The van der Waals surface area contributed by atoms with Crippen LogP contribution in [-0.2, 0) is 0 Å². The summed E-state index contributed by atoms with van der Waals surface area (Å²) in [6.45, 7) is 1.88. The van der Waals surface area contributed by atoms with Gasteiger partial charge in [-0.15, -0.1) is 0 Å². The van der Waals surface area contributed by atoms with Crippen molar-refractivity contribution in [3.8, 4) is 5.75 Å². The van der Waals surface area contributed by atoms with Crippen LogP contribution < -0.4 is 21.1 Å². The number of anilines is 4. The third-order valence-electron chi connectivity index (χ3n) is 5.28. The fourth-order valence-electron chi connectivity index (χ4n) is 3.35. The molecule has 1 aromatic heterocycles. The van der Waals surface area contributed by atoms with Crippen LogP contribution in [0, 0.1) is 12.8 Å². The number of rotatable bonds is 7. The number of methoxy groups -OCH3 is 1. The summed E-state index contributed by atoms with van der Waals surface area (Å²) in [7, 11) is 1.55. The van der Waals surface area contributed by atoms with Crippen molar-refractivity contribution in [2.75, 3.05) is 23.5 Å². The lowest BCUT2D eigenvalue weighted by molar-refractivity contribution is 0.0883. The Hall–Kier alpha value is -4.23. The van der Waals surface area contributed by atoms with E-state index in [4.69, 9.17) is 10.5 Å². The summed E-state index contributed by atoms with van der Waals surface area (Å²) in [5.41, 5.74) is 12.6. The van der Waals surface area contributed by atoms with Crippen molar-refractivity contribution in [2.45, 2.75) is 13.1 Å². The molecule has 1 aliphatic rings. The second kappa shape index (κ2) is 9.95. The molecule has 1 heterocycles. The number of Topliss-reactive ketones (excluding diaryl/α,β-unsaturated/α-hetero) is 1. The summed E-state index contributed by atoms with van der Waals surface area (Å²) >= 11 is 0.881. The molecule has 0 aliphatic heterocycles. The predicted octanol–water partition coefficient (Wildman–Crippen LogP) is 5.35. The van der Waals surface area contributed by atoms with E-state index in [0.717, 1.165) is 23.0 Å². The highest BCUT2D eigenvalue weighted by Crippen LogP contribution is 2.34. The Kier molecular flexibility index (Phi) is 6.80. The Labute approximate surface area is 203 Å². The Morgan fingerprint density at radius 2 is 1.94 bits per heavy atom. The number of thiazole rings is 1. The Morgan fingerprint density at radius 3 is 2.63 bits per heavy atom. The van der Waals surface area contributed by atoms with E-state index in [1.165, 1.54) is 0 Å². The topological polar surface area (TPSA) is 106 Å². The molecule has 0 fully saturated rings. The average Bonchev–Trinajstić information content (AvgIpc) is 3.20. The minimum atomic E-state index is -1.86. The van der Waals surface area contributed by atoms with E-state index in [-0.39, 0.29) is 21.7 Å². The molecule has 178 valence electrons. The lowest BCUT2D eigenvalue weighted by atomic mass is 9.94. The zero-order valence-electron chi connectivity index (χ0n) is 18.7. The Morgan fingerprint density at radius 1 is 1.20 bits per heavy atom. The van der Waals surface area contributed by atoms with Crippen LogP contribution in [0.1, 0.15) is 25.6 Å². The molecule has 2 atom stereocenters. The number of aromatic nitrogens is 1. The smallest absolute Gasteiger partial charge is 0.255 e. The van der Waals surface area contributed by atoms with Crippen molar-refractivity contribution in [1.82, 2.24) is 4.98 Å². The molecule has 4 N–H and O–H groups in total. The molecule has 1 aliphatic carbocycles. The molecule has 7 nitrogen and oxygen atoms in total. The summed E-state index contributed by atoms with van der Waals surface area (Å²) in [5, 5.41) is 6.10. The van der Waals surface area contributed by atoms with Crippen molar-refractivity contribution in [3.63, 3.8) is 0 Å². The first kappa shape index (κ1) is 23.9. The average molecular weight is 495 g/mol. The van der Waals surface area contributed by atoms with Gasteiger partial charge in [0.15, 0.2) is 16.7 Å². The number of hydrogen-bond acceptors (Lipinski definition) is 7. The van der Waals surface area contributed by atoms with Gasteiger partial charge in [0.25, 0.3) is 5.91 Å². The molecular formula is C25H20F2N4O3S. The Bertz CT molecular complexity index is 1400. The SMILES string of the molecule is COc1ccc(C)c(NC(=O)c2ccc(Nc3nc(N)c(C(=O)C4C(F)=C=C=CC4F)s3)cc2)c1. The summed E-state index contributed by atoms with van der Waals surface area (Å²) in [6, 6.07) is 11.9. The van der Waals surface area contributed by atoms with E-state index in [1.54, 1.807) is 37.4 Å². The molecule has 0 spiro atoms. The molecular weight excluding hydrogens is 474 g/mol. The van der Waals surface area contributed by atoms with Crippen LogP contribution in [0.2, 0.25) is 0 Å². The van der Waals surface area contributed by atoms with E-state index in [9.17, 15) is 18.4 Å². The normalized spacial score (nSPS) is 16.5. The van der Waals surface area contributed by atoms with Crippen LogP contribution in [0.3, 0.4) is 0 Å². The van der Waals surface area contributed by atoms with Gasteiger partial charge in [0.05, 0.1) is 7.11 Å². The van der Waals surface area contributed by atoms with Crippen LogP contribution in [0.15, 0.2) is 65.8 Å². The monoisotopic (exact) mass is 494 g/mol. The number of ether oxygens (including phenoxy) is 1. The third kappa shape index (κ3) is 5.15. The first-order valence-electron chi connectivity index (χ1n) is 10.4. The maximum atomic E-state index is 14.1. The fraction of sp³-hybridized carbons (Fsp3) is 0.160. The van der Waals surface area contributed by atoms with Crippen LogP contribution in [-0.4, -0.2) is 30.0 Å². The molecule has 35 heavy (non-hydrogen) atoms. The number of nitrogens with one attached hydrogen (secondary N) is 2. The number of carbonyl (C=O) groups excluding carboxylic acids is 2. The molecule has 0 radical (unpaired) electrons. The molecule has 4 rings (SSSR count). The van der Waals surface area contributed by atoms with Gasteiger partial charge in [0, 0.05) is 29.1 Å². The van der Waals surface area contributed by atoms with Crippen molar-refractivity contribution < 1.29 is 23.1 Å². The van der Waals surface area contributed by atoms with Crippen molar-refractivity contribution in [3.05, 3.63) is 81.8 Å². The van der Waals surface area contributed by atoms with E-state index in [2.05, 4.69) is 27.1 Å². The van der Waals surface area contributed by atoms with Gasteiger partial charge in [-0.3, -0.25) is 9.59 Å². The number of halogens is 2. The van der Waals surface area contributed by atoms with Crippen LogP contribution >= 0.6 is 11.3 Å². The van der Waals surface area contributed by atoms with Crippen molar-refractivity contribution >= 4 is 45.4 Å². The summed E-state index contributed by atoms with van der Waals surface area (Å²) in [4.78, 5) is 29.3. The van der Waals surface area contributed by atoms with Gasteiger partial charge < -0.3 is 21.1 Å². The van der Waals surface area contributed by atoms with Gasteiger partial charge in [-0.1, -0.05) is 23.1 Å². The molecule has 2 aromatic carbocycles. The van der Waals surface area contributed by atoms with Crippen molar-refractivity contribution in [1.29, 1.82) is 0 Å². The number of aryl methyl sites for hydroxylation is 1. The molecule has 10 heteroatoms. The number of nitrogen functional groups attached to an aromatic ring is 1. The highest BCUT2D eigenvalue weighted by Gasteiger charge is 2.35. The lowest BCUT2D eigenvalue weighted by Crippen LogP contribution is -2.25. The second-order valence-corrected chi connectivity index (χ2v) is 8.64. The molecule has 3 aromatic rings. The largest absolute Gasteiger partial charge is 0.497 e. The zero-order chi connectivity index (χ0) is 25.1. The maximum absolute atomic E-state index is 14.1. The van der Waals surface area contributed by atoms with E-state index < -0.39 is 23.7 Å². The minimum Gasteiger partial charge on any atom is -0.497 e. The number of nitrogens with two attached hydrogens (primary N) is 1. The summed E-state index contributed by atoms with van der Waals surface area (Å²) in [5.74, 6) is -3.31. The zero-order valence-corrected chi connectivity index (χ0v) is 19.5. The highest BCUT2D eigenvalue weighted by molar-refractivity contribution is 7.18. The number of hydrogen-bond donors (Lipinski definition) is 3. The lowest BCUT2D eigenvalue weighted by Gasteiger charge is -2.14. The van der Waals surface area contributed by atoms with Crippen LogP contribution in [0.5, 0.6) is 5.75 Å². The number of carbonyl (C=O) groups is 2. The van der Waals surface area contributed by atoms with Gasteiger partial charge in [0.2, 0.25) is 0 Å². The maximum Gasteiger partial charge on any atom is 0.255 e. The number of ketones is 1. The van der Waals surface area contributed by atoms with Gasteiger partial charge in [-0.25, -0.2) is 13.8 Å². The number of benzene rings is 2. The van der Waals surface area contributed by atoms with Crippen LogP contribution in [0.4, 0.5) is 31.1 Å². The standard InChI is InChI=1S/C25H20F2N4O3S/c1-13-6-11-16(34-2)12-19(13)30-24(33)14-7-9-15(10-8-14)29-25-31-23(28)22(35-25)21(32)20-17(26)4-3-5-18(20)27/h4,6-12,17,20H,28H2,1-2H3,(H,29,31)(H,30,33). The van der Waals surface area contributed by atoms with Gasteiger partial charge in [0.1, 0.15) is 28.5 Å². The number of alkyl halides is 1. The Balaban J connectivity index is 1.45. The van der Waals surface area contributed by atoms with E-state index >= 15 is 0 Å². The quantitative estimate of drug-likeness (QED) is 0.302. The predicted molar refractivity (Wildman–Crippen MR) is 131 cm³/mol. The summed E-state index contributed by atoms with van der Waals surface area (Å²) in [6.07, 6.45) is -0.920. The molecule has 0 bridgehead atoms.